The molecule has 0 aromatic heterocycles. The Bertz CT molecular complexity index is 186. The highest BCUT2D eigenvalue weighted by atomic mass is 14.5. The van der Waals surface area contributed by atoms with Gasteiger partial charge >= 0.3 is 0 Å². The van der Waals surface area contributed by atoms with E-state index in [1.807, 2.05) is 0 Å². The summed E-state index contributed by atoms with van der Waals surface area (Å²) in [4.78, 5) is 0. The monoisotopic (exact) mass is 151 g/mol. The fourth-order valence-corrected chi connectivity index (χ4v) is 1.73. The first-order valence-electron chi connectivity index (χ1n) is 4.29. The fourth-order valence-electron chi connectivity index (χ4n) is 1.73. The van der Waals surface area contributed by atoms with E-state index in [1.54, 1.807) is 0 Å². The second-order valence-electron chi connectivity index (χ2n) is 5.14. The minimum absolute atomic E-state index is 0.00204. The Labute approximate surface area is 69.4 Å². The second kappa shape index (κ2) is 2.24. The van der Waals surface area contributed by atoms with Gasteiger partial charge in [-0.15, -0.1) is 0 Å². The summed E-state index contributed by atoms with van der Waals surface area (Å²) in [5.41, 5.74) is 0.397. The van der Waals surface area contributed by atoms with Crippen LogP contribution in [0.4, 0.5) is 0 Å². The van der Waals surface area contributed by atoms with Crippen LogP contribution in [-0.4, -0.2) is 0 Å². The van der Waals surface area contributed by atoms with Gasteiger partial charge in [-0.1, -0.05) is 20.8 Å². The first kappa shape index (κ1) is 8.59. The highest BCUT2D eigenvalue weighted by Crippen LogP contribution is 2.52. The third-order valence-corrected chi connectivity index (χ3v) is 2.89. The molecule has 0 N–H and O–H groups in total. The number of hydrogen-bond acceptors (Lipinski definition) is 1. The molecule has 0 radical (unpaired) electrons. The van der Waals surface area contributed by atoms with Gasteiger partial charge in [0.1, 0.15) is 0 Å². The molecule has 1 saturated carbocycles. The molecule has 0 aromatic carbocycles. The Morgan fingerprint density at radius 1 is 1.36 bits per heavy atom. The summed E-state index contributed by atoms with van der Waals surface area (Å²) in [6.07, 6.45) is 2.18. The molecular weight excluding hydrogens is 134 g/mol. The van der Waals surface area contributed by atoms with Crippen molar-refractivity contribution in [2.75, 3.05) is 0 Å². The van der Waals surface area contributed by atoms with Crippen LogP contribution in [0, 0.1) is 28.1 Å². The van der Waals surface area contributed by atoms with E-state index < -0.39 is 0 Å². The highest BCUT2D eigenvalue weighted by molar-refractivity contribution is 5.07. The Morgan fingerprint density at radius 3 is 2.09 bits per heavy atom. The summed E-state index contributed by atoms with van der Waals surface area (Å²) < 4.78 is 0. The van der Waals surface area contributed by atoms with Gasteiger partial charge in [0, 0.05) is 0 Å². The Morgan fingerprint density at radius 2 is 1.82 bits per heavy atom. The van der Waals surface area contributed by atoms with Gasteiger partial charge in [-0.05, 0) is 31.1 Å². The maximum Gasteiger partial charge on any atom is 0.0687 e. The van der Waals surface area contributed by atoms with E-state index >= 15 is 0 Å². The van der Waals surface area contributed by atoms with E-state index in [4.69, 9.17) is 5.26 Å². The number of rotatable bonds is 0. The summed E-state index contributed by atoms with van der Waals surface area (Å²) in [5, 5.41) is 8.78. The molecule has 0 bridgehead atoms. The summed E-state index contributed by atoms with van der Waals surface area (Å²) in [5.74, 6) is 0.757. The molecule has 0 amide bonds. The molecule has 0 aliphatic heterocycles. The van der Waals surface area contributed by atoms with E-state index in [0.717, 1.165) is 18.8 Å². The van der Waals surface area contributed by atoms with Crippen molar-refractivity contribution in [1.29, 1.82) is 5.26 Å². The molecule has 0 unspecified atom stereocenters. The molecule has 0 atom stereocenters. The average Bonchev–Trinajstić information content (AvgIpc) is 1.78. The molecule has 0 spiro atoms. The summed E-state index contributed by atoms with van der Waals surface area (Å²) in [6, 6.07) is 2.38. The van der Waals surface area contributed by atoms with Gasteiger partial charge < -0.3 is 0 Å². The smallest absolute Gasteiger partial charge is 0.0687 e. The normalized spacial score (nSPS) is 37.5. The first-order chi connectivity index (χ1) is 4.87. The zero-order valence-electron chi connectivity index (χ0n) is 7.94. The maximum absolute atomic E-state index is 8.78. The highest BCUT2D eigenvalue weighted by Gasteiger charge is 2.45. The van der Waals surface area contributed by atoms with E-state index in [-0.39, 0.29) is 5.41 Å². The summed E-state index contributed by atoms with van der Waals surface area (Å²) in [6.45, 7) is 8.84. The van der Waals surface area contributed by atoms with E-state index in [0.29, 0.717) is 5.41 Å². The van der Waals surface area contributed by atoms with Crippen LogP contribution in [0.15, 0.2) is 0 Å². The Kier molecular flexibility index (Phi) is 1.75. The maximum atomic E-state index is 8.78. The molecule has 0 saturated heterocycles. The van der Waals surface area contributed by atoms with Crippen LogP contribution in [0.25, 0.3) is 0 Å². The van der Waals surface area contributed by atoms with Gasteiger partial charge in [0.25, 0.3) is 0 Å². The topological polar surface area (TPSA) is 23.8 Å². The largest absolute Gasteiger partial charge is 0.198 e. The van der Waals surface area contributed by atoms with Crippen LogP contribution in [0.1, 0.15) is 40.5 Å². The predicted octanol–water partition coefficient (Wildman–Crippen LogP) is 2.97. The third-order valence-electron chi connectivity index (χ3n) is 2.89. The van der Waals surface area contributed by atoms with E-state index in [9.17, 15) is 0 Å². The molecule has 1 nitrogen and oxygen atoms in total. The van der Waals surface area contributed by atoms with E-state index in [1.165, 1.54) is 0 Å². The van der Waals surface area contributed by atoms with Crippen molar-refractivity contribution in [1.82, 2.24) is 0 Å². The molecule has 1 fully saturated rings. The second-order valence-corrected chi connectivity index (χ2v) is 5.14. The van der Waals surface area contributed by atoms with Crippen molar-refractivity contribution in [3.63, 3.8) is 0 Å². The van der Waals surface area contributed by atoms with Crippen LogP contribution < -0.4 is 0 Å². The van der Waals surface area contributed by atoms with Gasteiger partial charge in [-0.25, -0.2) is 0 Å². The lowest BCUT2D eigenvalue weighted by molar-refractivity contribution is 0.0410. The SMILES string of the molecule is CC1(C#N)CC(C(C)(C)C)C1. The van der Waals surface area contributed by atoms with Crippen LogP contribution in [0.2, 0.25) is 0 Å². The van der Waals surface area contributed by atoms with Crippen LogP contribution >= 0.6 is 0 Å². The van der Waals surface area contributed by atoms with Crippen molar-refractivity contribution in [3.8, 4) is 6.07 Å². The van der Waals surface area contributed by atoms with Gasteiger partial charge in [0.05, 0.1) is 11.5 Å². The Balaban J connectivity index is 2.49. The molecule has 1 aliphatic carbocycles. The quantitative estimate of drug-likeness (QED) is 0.522. The first-order valence-corrected chi connectivity index (χ1v) is 4.29. The lowest BCUT2D eigenvalue weighted by Crippen LogP contribution is -2.40. The standard InChI is InChI=1S/C10H17N/c1-9(2,3)8-5-10(4,6-8)7-11/h8H,5-6H2,1-4H3. The lowest BCUT2D eigenvalue weighted by Gasteiger charge is -2.47. The molecule has 0 heterocycles. The van der Waals surface area contributed by atoms with Gasteiger partial charge in [0.2, 0.25) is 0 Å². The van der Waals surface area contributed by atoms with Crippen molar-refractivity contribution in [2.24, 2.45) is 16.7 Å². The summed E-state index contributed by atoms with van der Waals surface area (Å²) >= 11 is 0. The number of nitrogens with zero attached hydrogens (tertiary/aromatic N) is 1. The Hall–Kier alpha value is -0.510. The van der Waals surface area contributed by atoms with Crippen molar-refractivity contribution in [3.05, 3.63) is 0 Å². The van der Waals surface area contributed by atoms with E-state index in [2.05, 4.69) is 33.8 Å². The molecule has 1 rings (SSSR count). The van der Waals surface area contributed by atoms with Crippen molar-refractivity contribution < 1.29 is 0 Å². The molecule has 62 valence electrons. The zero-order chi connectivity index (χ0) is 8.70. The minimum Gasteiger partial charge on any atom is -0.198 e. The van der Waals surface area contributed by atoms with Gasteiger partial charge in [-0.2, -0.15) is 5.26 Å². The number of hydrogen-bond donors (Lipinski definition) is 0. The average molecular weight is 151 g/mol. The molecule has 1 heteroatoms. The summed E-state index contributed by atoms with van der Waals surface area (Å²) in [7, 11) is 0. The predicted molar refractivity (Wildman–Crippen MR) is 45.9 cm³/mol. The molecule has 0 aromatic rings. The molecular formula is C10H17N. The van der Waals surface area contributed by atoms with Crippen LogP contribution in [0.3, 0.4) is 0 Å². The molecule has 1 aliphatic rings. The van der Waals surface area contributed by atoms with Crippen LogP contribution in [0.5, 0.6) is 0 Å². The van der Waals surface area contributed by atoms with Crippen molar-refractivity contribution in [2.45, 2.75) is 40.5 Å². The zero-order valence-corrected chi connectivity index (χ0v) is 7.94. The lowest BCUT2D eigenvalue weighted by atomic mass is 9.56. The van der Waals surface area contributed by atoms with Gasteiger partial charge in [-0.3, -0.25) is 0 Å². The minimum atomic E-state index is -0.00204. The third kappa shape index (κ3) is 1.56. The number of nitriles is 1. The van der Waals surface area contributed by atoms with Gasteiger partial charge in [0.15, 0.2) is 0 Å². The van der Waals surface area contributed by atoms with Crippen LogP contribution in [-0.2, 0) is 0 Å². The fraction of sp³-hybridized carbons (Fsp3) is 0.900. The molecule has 11 heavy (non-hydrogen) atoms. The van der Waals surface area contributed by atoms with Crippen molar-refractivity contribution >= 4 is 0 Å².